The maximum atomic E-state index is 11.2. The summed E-state index contributed by atoms with van der Waals surface area (Å²) in [5, 5.41) is 13.9. The first-order valence-electron chi connectivity index (χ1n) is 5.09. The molecule has 0 amide bonds. The molecule has 7 heteroatoms. The largest absolute Gasteiger partial charge is 0.481 e. The lowest BCUT2D eigenvalue weighted by atomic mass is 10.2. The Kier molecular flexibility index (Phi) is 3.73. The van der Waals surface area contributed by atoms with E-state index in [0.29, 0.717) is 16.6 Å². The molecular formula is C11H11N3O3S. The molecule has 0 fully saturated rings. The van der Waals surface area contributed by atoms with E-state index in [-0.39, 0.29) is 0 Å². The first kappa shape index (κ1) is 12.3. The zero-order valence-corrected chi connectivity index (χ0v) is 10.3. The average Bonchev–Trinajstić information content (AvgIpc) is 2.89. The van der Waals surface area contributed by atoms with Crippen LogP contribution in [0.5, 0.6) is 5.88 Å². The number of nitrogens with one attached hydrogen (secondary N) is 1. The van der Waals surface area contributed by atoms with Crippen LogP contribution >= 0.6 is 11.3 Å². The third-order valence-corrected chi connectivity index (χ3v) is 3.16. The molecule has 2 aromatic heterocycles. The summed E-state index contributed by atoms with van der Waals surface area (Å²) in [4.78, 5) is 19.7. The number of carboxylic acid groups (broad SMARTS) is 1. The molecular weight excluding hydrogens is 254 g/mol. The summed E-state index contributed by atoms with van der Waals surface area (Å²) in [6.45, 7) is 0. The van der Waals surface area contributed by atoms with Crippen molar-refractivity contribution in [3.05, 3.63) is 34.8 Å². The summed E-state index contributed by atoms with van der Waals surface area (Å²) < 4.78 is 4.95. The number of methoxy groups -OCH3 is 1. The van der Waals surface area contributed by atoms with Crippen molar-refractivity contribution in [2.75, 3.05) is 12.4 Å². The lowest BCUT2D eigenvalue weighted by Crippen LogP contribution is -2.20. The molecule has 0 aromatic carbocycles. The minimum absolute atomic E-state index is 0.378. The summed E-state index contributed by atoms with van der Waals surface area (Å²) in [7, 11) is 1.49. The minimum Gasteiger partial charge on any atom is -0.481 e. The predicted octanol–water partition coefficient (Wildman–Crippen LogP) is 1.78. The van der Waals surface area contributed by atoms with Crippen LogP contribution in [-0.4, -0.2) is 28.2 Å². The third-order valence-electron chi connectivity index (χ3n) is 2.22. The van der Waals surface area contributed by atoms with Crippen LogP contribution in [0.1, 0.15) is 10.9 Å². The van der Waals surface area contributed by atoms with Crippen LogP contribution in [0.15, 0.2) is 29.9 Å². The van der Waals surface area contributed by atoms with Crippen LogP contribution in [0.4, 0.5) is 5.82 Å². The summed E-state index contributed by atoms with van der Waals surface area (Å²) in [5.41, 5.74) is 0. The molecule has 6 nitrogen and oxygen atoms in total. The fraction of sp³-hybridized carbons (Fsp3) is 0.182. The fourth-order valence-corrected chi connectivity index (χ4v) is 2.16. The highest BCUT2D eigenvalue weighted by atomic mass is 32.1. The van der Waals surface area contributed by atoms with Gasteiger partial charge in [-0.2, -0.15) is 0 Å². The zero-order valence-electron chi connectivity index (χ0n) is 9.53. The number of anilines is 1. The highest BCUT2D eigenvalue weighted by Crippen LogP contribution is 2.23. The van der Waals surface area contributed by atoms with E-state index in [1.54, 1.807) is 18.2 Å². The monoisotopic (exact) mass is 265 g/mol. The number of hydrogen-bond acceptors (Lipinski definition) is 6. The van der Waals surface area contributed by atoms with Crippen LogP contribution < -0.4 is 10.1 Å². The van der Waals surface area contributed by atoms with E-state index in [4.69, 9.17) is 4.74 Å². The number of carboxylic acids is 1. The van der Waals surface area contributed by atoms with Crippen molar-refractivity contribution in [1.29, 1.82) is 0 Å². The summed E-state index contributed by atoms with van der Waals surface area (Å²) in [6.07, 6.45) is 1.31. The Morgan fingerprint density at radius 2 is 2.39 bits per heavy atom. The van der Waals surface area contributed by atoms with Gasteiger partial charge in [0.15, 0.2) is 6.04 Å². The molecule has 94 valence electrons. The molecule has 0 bridgehead atoms. The number of nitrogens with zero attached hydrogens (tertiary/aromatic N) is 2. The average molecular weight is 265 g/mol. The van der Waals surface area contributed by atoms with E-state index in [0.717, 1.165) is 0 Å². The molecule has 2 heterocycles. The lowest BCUT2D eigenvalue weighted by Gasteiger charge is -2.13. The van der Waals surface area contributed by atoms with E-state index >= 15 is 0 Å². The van der Waals surface area contributed by atoms with E-state index in [1.807, 2.05) is 5.38 Å². The molecule has 2 rings (SSSR count). The van der Waals surface area contributed by atoms with Crippen LogP contribution in [0.25, 0.3) is 0 Å². The molecule has 0 radical (unpaired) electrons. The van der Waals surface area contributed by atoms with Gasteiger partial charge in [0.25, 0.3) is 0 Å². The fourth-order valence-electron chi connectivity index (χ4n) is 1.39. The van der Waals surface area contributed by atoms with Gasteiger partial charge in [0.05, 0.1) is 7.11 Å². The first-order chi connectivity index (χ1) is 8.70. The normalized spacial score (nSPS) is 11.8. The van der Waals surface area contributed by atoms with Crippen molar-refractivity contribution in [3.63, 3.8) is 0 Å². The van der Waals surface area contributed by atoms with Gasteiger partial charge in [-0.1, -0.05) is 6.07 Å². The molecule has 0 aliphatic heterocycles. The molecule has 1 atom stereocenters. The number of rotatable bonds is 5. The molecule has 0 spiro atoms. The zero-order chi connectivity index (χ0) is 13.0. The van der Waals surface area contributed by atoms with Crippen molar-refractivity contribution in [2.24, 2.45) is 0 Å². The summed E-state index contributed by atoms with van der Waals surface area (Å²) >= 11 is 1.37. The Labute approximate surface area is 107 Å². The standard InChI is InChI=1S/C11H11N3O3S/c1-17-9-5-8(12-6-13-9)14-10(11(15)16)7-3-2-4-18-7/h2-6,10H,1H3,(H,15,16)(H,12,13,14). The second-order valence-corrected chi connectivity index (χ2v) is 4.36. The van der Waals surface area contributed by atoms with Gasteiger partial charge in [0.2, 0.25) is 5.88 Å². The number of aromatic nitrogens is 2. The first-order valence-corrected chi connectivity index (χ1v) is 5.97. The van der Waals surface area contributed by atoms with Crippen molar-refractivity contribution >= 4 is 23.1 Å². The van der Waals surface area contributed by atoms with Gasteiger partial charge < -0.3 is 15.2 Å². The highest BCUT2D eigenvalue weighted by Gasteiger charge is 2.21. The Bertz CT molecular complexity index is 530. The van der Waals surface area contributed by atoms with Crippen molar-refractivity contribution in [3.8, 4) is 5.88 Å². The van der Waals surface area contributed by atoms with Crippen molar-refractivity contribution < 1.29 is 14.6 Å². The Morgan fingerprint density at radius 3 is 3.00 bits per heavy atom. The van der Waals surface area contributed by atoms with Gasteiger partial charge in [-0.05, 0) is 11.4 Å². The molecule has 1 unspecified atom stereocenters. The smallest absolute Gasteiger partial charge is 0.331 e. The van der Waals surface area contributed by atoms with Crippen LogP contribution in [-0.2, 0) is 4.79 Å². The third kappa shape index (κ3) is 2.75. The van der Waals surface area contributed by atoms with Gasteiger partial charge >= 0.3 is 5.97 Å². The quantitative estimate of drug-likeness (QED) is 0.857. The Balaban J connectivity index is 2.21. The van der Waals surface area contributed by atoms with Crippen molar-refractivity contribution in [1.82, 2.24) is 9.97 Å². The van der Waals surface area contributed by atoms with Gasteiger partial charge in [-0.15, -0.1) is 11.3 Å². The SMILES string of the molecule is COc1cc(NC(C(=O)O)c2cccs2)ncn1. The predicted molar refractivity (Wildman–Crippen MR) is 66.9 cm³/mol. The highest BCUT2D eigenvalue weighted by molar-refractivity contribution is 7.10. The maximum absolute atomic E-state index is 11.2. The molecule has 2 aromatic rings. The number of thiophene rings is 1. The summed E-state index contributed by atoms with van der Waals surface area (Å²) in [6, 6.07) is 4.28. The molecule has 0 aliphatic carbocycles. The van der Waals surface area contributed by atoms with E-state index in [9.17, 15) is 9.90 Å². The second-order valence-electron chi connectivity index (χ2n) is 3.38. The maximum Gasteiger partial charge on any atom is 0.331 e. The molecule has 2 N–H and O–H groups in total. The van der Waals surface area contributed by atoms with E-state index in [1.165, 1.54) is 24.8 Å². The Hall–Kier alpha value is -2.15. The molecule has 0 aliphatic rings. The molecule has 18 heavy (non-hydrogen) atoms. The van der Waals surface area contributed by atoms with Crippen LogP contribution in [0, 0.1) is 0 Å². The topological polar surface area (TPSA) is 84.3 Å². The number of ether oxygens (including phenoxy) is 1. The van der Waals surface area contributed by atoms with Gasteiger partial charge in [0, 0.05) is 10.9 Å². The minimum atomic E-state index is -0.963. The van der Waals surface area contributed by atoms with E-state index in [2.05, 4.69) is 15.3 Å². The lowest BCUT2D eigenvalue weighted by molar-refractivity contribution is -0.138. The number of aliphatic carboxylic acids is 1. The van der Waals surface area contributed by atoms with Crippen LogP contribution in [0.3, 0.4) is 0 Å². The molecule has 0 saturated heterocycles. The van der Waals surface area contributed by atoms with Crippen molar-refractivity contribution in [2.45, 2.75) is 6.04 Å². The number of carbonyl (C=O) groups is 1. The van der Waals surface area contributed by atoms with E-state index < -0.39 is 12.0 Å². The molecule has 0 saturated carbocycles. The number of hydrogen-bond donors (Lipinski definition) is 2. The van der Waals surface area contributed by atoms with Gasteiger partial charge in [-0.3, -0.25) is 0 Å². The summed E-state index contributed by atoms with van der Waals surface area (Å²) in [5.74, 6) is -0.180. The Morgan fingerprint density at radius 1 is 1.56 bits per heavy atom. The van der Waals surface area contributed by atoms with Gasteiger partial charge in [-0.25, -0.2) is 14.8 Å². The second kappa shape index (κ2) is 5.46. The van der Waals surface area contributed by atoms with Crippen LogP contribution in [0.2, 0.25) is 0 Å². The van der Waals surface area contributed by atoms with Gasteiger partial charge in [0.1, 0.15) is 12.1 Å².